The van der Waals surface area contributed by atoms with Gasteiger partial charge >= 0.3 is 12.4 Å². The molecule has 0 fully saturated rings. The zero-order valence-corrected chi connectivity index (χ0v) is 9.80. The molecule has 0 saturated carbocycles. The summed E-state index contributed by atoms with van der Waals surface area (Å²) in [6.45, 7) is 1.39. The van der Waals surface area contributed by atoms with E-state index < -0.39 is 34.9 Å². The maximum atomic E-state index is 12.6. The number of hydrogen-bond acceptors (Lipinski definition) is 3. The fourth-order valence-corrected chi connectivity index (χ4v) is 1.49. The third-order valence-corrected chi connectivity index (χ3v) is 2.36. The molecule has 3 nitrogen and oxygen atoms in total. The Morgan fingerprint density at radius 1 is 0.900 bits per heavy atom. The molecule has 0 unspecified atom stereocenters. The summed E-state index contributed by atoms with van der Waals surface area (Å²) in [6.07, 6.45) is -9.82. The van der Waals surface area contributed by atoms with E-state index in [1.165, 1.54) is 6.92 Å². The smallest absolute Gasteiger partial charge is 0.334 e. The molecule has 0 aliphatic heterocycles. The van der Waals surface area contributed by atoms with Gasteiger partial charge in [-0.25, -0.2) is 0 Å². The molecular weight excluding hydrogens is 290 g/mol. The quantitative estimate of drug-likeness (QED) is 0.744. The molecular formula is C11H6F6N2O. The first kappa shape index (κ1) is 14.4. The van der Waals surface area contributed by atoms with Gasteiger partial charge in [0.25, 0.3) is 5.89 Å². The molecule has 0 saturated heterocycles. The summed E-state index contributed by atoms with van der Waals surface area (Å²) in [6, 6.07) is 1.09. The Balaban J connectivity index is 2.63. The molecule has 0 amide bonds. The van der Waals surface area contributed by atoms with Crippen LogP contribution in [0.15, 0.2) is 22.7 Å². The van der Waals surface area contributed by atoms with Crippen LogP contribution in [0, 0.1) is 6.92 Å². The van der Waals surface area contributed by atoms with Gasteiger partial charge in [-0.15, -0.1) is 0 Å². The Morgan fingerprint density at radius 3 is 1.75 bits per heavy atom. The Kier molecular flexibility index (Phi) is 3.23. The van der Waals surface area contributed by atoms with Crippen LogP contribution >= 0.6 is 0 Å². The van der Waals surface area contributed by atoms with Crippen LogP contribution in [-0.2, 0) is 12.4 Å². The van der Waals surface area contributed by atoms with Crippen molar-refractivity contribution in [1.82, 2.24) is 10.1 Å². The van der Waals surface area contributed by atoms with E-state index in [-0.39, 0.29) is 11.9 Å². The number of benzene rings is 1. The second kappa shape index (κ2) is 4.50. The summed E-state index contributed by atoms with van der Waals surface area (Å²) in [7, 11) is 0. The summed E-state index contributed by atoms with van der Waals surface area (Å²) in [4.78, 5) is 3.61. The lowest BCUT2D eigenvalue weighted by Gasteiger charge is -2.12. The molecule has 108 valence electrons. The number of halogens is 6. The van der Waals surface area contributed by atoms with Crippen LogP contribution in [0.1, 0.15) is 17.0 Å². The van der Waals surface area contributed by atoms with Crippen LogP contribution < -0.4 is 0 Å². The topological polar surface area (TPSA) is 38.9 Å². The van der Waals surface area contributed by atoms with E-state index in [1.807, 2.05) is 0 Å². The van der Waals surface area contributed by atoms with Gasteiger partial charge in [0.05, 0.1) is 11.1 Å². The standard InChI is InChI=1S/C11H6F6N2O/c1-5-18-9(20-19-5)6-2-7(10(12,13)14)4-8(3-6)11(15,16)17/h2-4H,1H3. The van der Waals surface area contributed by atoms with Gasteiger partial charge in [0.1, 0.15) is 0 Å². The molecule has 9 heteroatoms. The lowest BCUT2D eigenvalue weighted by molar-refractivity contribution is -0.143. The van der Waals surface area contributed by atoms with Crippen LogP contribution in [0.4, 0.5) is 26.3 Å². The molecule has 1 heterocycles. The van der Waals surface area contributed by atoms with Crippen molar-refractivity contribution in [2.24, 2.45) is 0 Å². The first-order valence-electron chi connectivity index (χ1n) is 5.17. The maximum absolute atomic E-state index is 12.6. The molecule has 0 bridgehead atoms. The average molecular weight is 296 g/mol. The van der Waals surface area contributed by atoms with E-state index in [1.54, 1.807) is 0 Å². The molecule has 2 aromatic rings. The van der Waals surface area contributed by atoms with Crippen LogP contribution in [0.3, 0.4) is 0 Å². The molecule has 0 aliphatic carbocycles. The highest BCUT2D eigenvalue weighted by molar-refractivity contribution is 5.57. The van der Waals surface area contributed by atoms with Crippen molar-refractivity contribution < 1.29 is 30.9 Å². The number of aryl methyl sites for hydroxylation is 1. The highest BCUT2D eigenvalue weighted by Gasteiger charge is 2.37. The van der Waals surface area contributed by atoms with Crippen molar-refractivity contribution in [2.75, 3.05) is 0 Å². The summed E-state index contributed by atoms with van der Waals surface area (Å²) >= 11 is 0. The van der Waals surface area contributed by atoms with Crippen LogP contribution in [0.25, 0.3) is 11.5 Å². The third kappa shape index (κ3) is 2.91. The molecule has 0 aliphatic rings. The highest BCUT2D eigenvalue weighted by atomic mass is 19.4. The van der Waals surface area contributed by atoms with Crippen LogP contribution in [0.5, 0.6) is 0 Å². The zero-order valence-electron chi connectivity index (χ0n) is 9.80. The normalized spacial score (nSPS) is 12.8. The van der Waals surface area contributed by atoms with Crippen molar-refractivity contribution in [1.29, 1.82) is 0 Å². The van der Waals surface area contributed by atoms with Gasteiger partial charge in [-0.3, -0.25) is 0 Å². The van der Waals surface area contributed by atoms with Gasteiger partial charge in [0, 0.05) is 5.56 Å². The second-order valence-electron chi connectivity index (χ2n) is 3.94. The van der Waals surface area contributed by atoms with Gasteiger partial charge in [-0.05, 0) is 25.1 Å². The molecule has 2 rings (SSSR count). The molecule has 0 N–H and O–H groups in total. The first-order chi connectivity index (χ1) is 9.07. The van der Waals surface area contributed by atoms with Crippen molar-refractivity contribution in [3.05, 3.63) is 35.2 Å². The summed E-state index contributed by atoms with van der Waals surface area (Å²) < 4.78 is 80.3. The molecule has 20 heavy (non-hydrogen) atoms. The fraction of sp³-hybridized carbons (Fsp3) is 0.273. The Hall–Kier alpha value is -2.06. The zero-order chi connectivity index (χ0) is 15.1. The molecule has 0 radical (unpaired) electrons. The van der Waals surface area contributed by atoms with Gasteiger partial charge in [-0.1, -0.05) is 5.16 Å². The Bertz CT molecular complexity index is 596. The maximum Gasteiger partial charge on any atom is 0.416 e. The largest absolute Gasteiger partial charge is 0.416 e. The third-order valence-electron chi connectivity index (χ3n) is 2.36. The van der Waals surface area contributed by atoms with E-state index in [0.717, 1.165) is 0 Å². The number of hydrogen-bond donors (Lipinski definition) is 0. The van der Waals surface area contributed by atoms with Crippen molar-refractivity contribution in [3.8, 4) is 11.5 Å². The monoisotopic (exact) mass is 296 g/mol. The first-order valence-corrected chi connectivity index (χ1v) is 5.17. The van der Waals surface area contributed by atoms with Gasteiger partial charge in [0.15, 0.2) is 5.82 Å². The minimum Gasteiger partial charge on any atom is -0.334 e. The lowest BCUT2D eigenvalue weighted by Crippen LogP contribution is -2.11. The SMILES string of the molecule is Cc1noc(-c2cc(C(F)(F)F)cc(C(F)(F)F)c2)n1. The van der Waals surface area contributed by atoms with Gasteiger partial charge in [-0.2, -0.15) is 31.3 Å². The van der Waals surface area contributed by atoms with Crippen LogP contribution in [-0.4, -0.2) is 10.1 Å². The molecule has 1 aromatic heterocycles. The minimum absolute atomic E-state index is 0.0345. The van der Waals surface area contributed by atoms with Crippen LogP contribution in [0.2, 0.25) is 0 Å². The van der Waals surface area contributed by atoms with Crippen molar-refractivity contribution >= 4 is 0 Å². The van der Waals surface area contributed by atoms with E-state index in [2.05, 4.69) is 14.7 Å². The number of nitrogens with zero attached hydrogens (tertiary/aromatic N) is 2. The Morgan fingerprint density at radius 2 is 1.40 bits per heavy atom. The molecule has 0 atom stereocenters. The van der Waals surface area contributed by atoms with Crippen molar-refractivity contribution in [3.63, 3.8) is 0 Å². The van der Waals surface area contributed by atoms with Gasteiger partial charge < -0.3 is 4.52 Å². The molecule has 0 spiro atoms. The fourth-order valence-electron chi connectivity index (χ4n) is 1.49. The predicted molar refractivity (Wildman–Crippen MR) is 54.5 cm³/mol. The minimum atomic E-state index is -4.91. The summed E-state index contributed by atoms with van der Waals surface area (Å²) in [5, 5.41) is 3.33. The Labute approximate surface area is 108 Å². The number of rotatable bonds is 1. The van der Waals surface area contributed by atoms with E-state index in [0.29, 0.717) is 12.1 Å². The average Bonchev–Trinajstić information content (AvgIpc) is 2.73. The van der Waals surface area contributed by atoms with Gasteiger partial charge in [0.2, 0.25) is 0 Å². The second-order valence-corrected chi connectivity index (χ2v) is 3.94. The predicted octanol–water partition coefficient (Wildman–Crippen LogP) is 4.08. The lowest BCUT2D eigenvalue weighted by atomic mass is 10.0. The molecule has 1 aromatic carbocycles. The van der Waals surface area contributed by atoms with Crippen molar-refractivity contribution in [2.45, 2.75) is 19.3 Å². The summed E-state index contributed by atoms with van der Waals surface area (Å²) in [5.74, 6) is -0.301. The van der Waals surface area contributed by atoms with E-state index in [4.69, 9.17) is 0 Å². The number of aromatic nitrogens is 2. The van der Waals surface area contributed by atoms with E-state index in [9.17, 15) is 26.3 Å². The highest BCUT2D eigenvalue weighted by Crippen LogP contribution is 2.38. The number of alkyl halides is 6. The van der Waals surface area contributed by atoms with E-state index >= 15 is 0 Å². The summed E-state index contributed by atoms with van der Waals surface area (Å²) in [5.41, 5.74) is -3.30.